The molecule has 1 saturated heterocycles. The number of benzene rings is 1. The van der Waals surface area contributed by atoms with Gasteiger partial charge in [-0.05, 0) is 125 Å². The van der Waals surface area contributed by atoms with E-state index in [0.29, 0.717) is 25.7 Å². The van der Waals surface area contributed by atoms with E-state index in [4.69, 9.17) is 23.5 Å². The second-order valence-corrected chi connectivity index (χ2v) is 22.7. The number of halogens is 4. The van der Waals surface area contributed by atoms with E-state index in [0.717, 1.165) is 18.2 Å². The number of hydrogen-bond donors (Lipinski definition) is 4. The van der Waals surface area contributed by atoms with E-state index in [1.54, 1.807) is 27.7 Å². The van der Waals surface area contributed by atoms with Gasteiger partial charge in [0, 0.05) is 40.8 Å². The lowest BCUT2D eigenvalue weighted by atomic mass is 9.44. The molecule has 0 radical (unpaired) electrons. The number of Topliss-reactive ketones (excluding diaryl/α,β-unsaturated/α-hetero) is 1. The standard InChI is InChI=1S/C48H58BrF3N3O14P/c1-43(2,3)68-40(61)9-8-34(55-39(60)22-53-38(59)21-49)41(62)54-24-16-46(17-24)18-27(19-46)66-26-6-7-28(32(50)13-26)42-67-37-15-29-30-14-33(51)31-12-25(56)10-11-44(31,4)47(30,52)35(57)20-45(29,5)48(37,69-42)36(58)23-65-70(63)64/h6-7,10-13,24,27,29-30,33-35,37,42,57H,8-9,14-23H2,1-5H3,(H,53,59)(H,54,62)(H,55,60)/t24?,27?,29-,30-,33-,34-,35-,37+,42+,44-,45-,46?,47-,48+/m0/s1. The Morgan fingerprint density at radius 2 is 1.77 bits per heavy atom. The van der Waals surface area contributed by atoms with Crippen LogP contribution in [0.15, 0.2) is 42.0 Å². The number of alkyl halides is 3. The van der Waals surface area contributed by atoms with Crippen LogP contribution in [0.4, 0.5) is 13.2 Å². The average Bonchev–Trinajstić information content (AvgIpc) is 3.75. The van der Waals surface area contributed by atoms with Crippen LogP contribution in [0.3, 0.4) is 0 Å². The van der Waals surface area contributed by atoms with Gasteiger partial charge in [-0.25, -0.2) is 13.2 Å². The van der Waals surface area contributed by atoms with Crippen molar-refractivity contribution >= 4 is 59.4 Å². The highest BCUT2D eigenvalue weighted by atomic mass is 79.9. The fourth-order valence-corrected chi connectivity index (χ4v) is 13.3. The molecule has 4 N–H and O–H groups in total. The van der Waals surface area contributed by atoms with Crippen LogP contribution >= 0.6 is 24.2 Å². The van der Waals surface area contributed by atoms with Gasteiger partial charge in [0.15, 0.2) is 35.7 Å². The Morgan fingerprint density at radius 3 is 2.43 bits per heavy atom. The largest absolute Gasteiger partial charge is 0.566 e. The molecule has 1 spiro atoms. The molecule has 1 aliphatic heterocycles. The number of esters is 1. The van der Waals surface area contributed by atoms with Crippen molar-refractivity contribution in [1.29, 1.82) is 0 Å². The highest BCUT2D eigenvalue weighted by molar-refractivity contribution is 9.09. The van der Waals surface area contributed by atoms with Crippen molar-refractivity contribution in [3.63, 3.8) is 0 Å². The van der Waals surface area contributed by atoms with Gasteiger partial charge in [-0.15, -0.1) is 4.52 Å². The predicted molar refractivity (Wildman–Crippen MR) is 241 cm³/mol. The Kier molecular flexibility index (Phi) is 14.2. The zero-order chi connectivity index (χ0) is 50.9. The third-order valence-corrected chi connectivity index (χ3v) is 16.8. The summed E-state index contributed by atoms with van der Waals surface area (Å²) in [6.45, 7) is 6.82. The summed E-state index contributed by atoms with van der Waals surface area (Å²) in [7, 11) is -3.50. The van der Waals surface area contributed by atoms with Crippen molar-refractivity contribution in [2.45, 2.75) is 152 Å². The molecule has 1 aromatic rings. The lowest BCUT2D eigenvalue weighted by Gasteiger charge is -2.63. The van der Waals surface area contributed by atoms with E-state index in [-0.39, 0.29) is 65.6 Å². The number of amides is 3. The third-order valence-electron chi connectivity index (χ3n) is 15.9. The van der Waals surface area contributed by atoms with Gasteiger partial charge in [0.2, 0.25) is 17.7 Å². The van der Waals surface area contributed by atoms with Gasteiger partial charge in [-0.3, -0.25) is 28.8 Å². The number of fused-ring (bicyclic) bond motifs is 7. The number of ether oxygens (including phenoxy) is 4. The van der Waals surface area contributed by atoms with Crippen molar-refractivity contribution in [2.75, 3.05) is 18.5 Å². The van der Waals surface area contributed by atoms with Gasteiger partial charge in [0.1, 0.15) is 29.4 Å². The molecule has 70 heavy (non-hydrogen) atoms. The maximum atomic E-state index is 17.9. The highest BCUT2D eigenvalue weighted by Crippen LogP contribution is 2.73. The first-order valence-electron chi connectivity index (χ1n) is 23.5. The number of aliphatic hydroxyl groups excluding tert-OH is 1. The number of carbonyl (C=O) groups is 6. The van der Waals surface area contributed by atoms with Gasteiger partial charge in [-0.1, -0.05) is 28.9 Å². The molecule has 0 bridgehead atoms. The van der Waals surface area contributed by atoms with Crippen LogP contribution in [0.25, 0.3) is 0 Å². The molecule has 6 fully saturated rings. The molecule has 1 aromatic carbocycles. The van der Waals surface area contributed by atoms with Crippen molar-refractivity contribution < 1.29 is 80.0 Å². The smallest absolute Gasteiger partial charge is 0.488 e. The van der Waals surface area contributed by atoms with Gasteiger partial charge < -0.3 is 44.9 Å². The summed E-state index contributed by atoms with van der Waals surface area (Å²) in [5.41, 5.74) is -8.85. The quantitative estimate of drug-likeness (QED) is 0.102. The van der Waals surface area contributed by atoms with E-state index in [1.807, 2.05) is 0 Å². The van der Waals surface area contributed by atoms with Crippen LogP contribution in [-0.4, -0.2) is 112 Å². The fourth-order valence-electron chi connectivity index (χ4n) is 12.9. The third kappa shape index (κ3) is 9.29. The Labute approximate surface area is 411 Å². The van der Waals surface area contributed by atoms with E-state index >= 15 is 13.2 Å². The van der Waals surface area contributed by atoms with Crippen LogP contribution in [0, 0.1) is 33.9 Å². The van der Waals surface area contributed by atoms with Crippen LogP contribution in [0.1, 0.15) is 104 Å². The van der Waals surface area contributed by atoms with Crippen LogP contribution in [0.5, 0.6) is 5.75 Å². The predicted octanol–water partition coefficient (Wildman–Crippen LogP) is 4.43. The molecule has 3 amide bonds. The van der Waals surface area contributed by atoms with Gasteiger partial charge >= 0.3 is 14.2 Å². The Bertz CT molecular complexity index is 2410. The molecule has 22 heteroatoms. The number of ketones is 2. The molecular formula is C48H58BrF3N3O14P. The lowest BCUT2D eigenvalue weighted by Crippen LogP contribution is -2.70. The summed E-state index contributed by atoms with van der Waals surface area (Å²) < 4.78 is 90.6. The highest BCUT2D eigenvalue weighted by Gasteiger charge is 2.80. The monoisotopic (exact) mass is 1070 g/mol. The molecular weight excluding hydrogens is 1010 g/mol. The minimum Gasteiger partial charge on any atom is -0.566 e. The minimum atomic E-state index is -3.50. The summed E-state index contributed by atoms with van der Waals surface area (Å²) in [5.74, 6) is -6.13. The number of aliphatic hydroxyl groups is 1. The summed E-state index contributed by atoms with van der Waals surface area (Å²) in [6.07, 6.45) is -1.73. The summed E-state index contributed by atoms with van der Waals surface area (Å²) in [6, 6.07) is 2.74. The minimum absolute atomic E-state index is 0.00952. The van der Waals surface area contributed by atoms with Crippen molar-refractivity contribution in [3.05, 3.63) is 53.4 Å². The van der Waals surface area contributed by atoms with E-state index in [9.17, 15) is 43.3 Å². The zero-order valence-electron chi connectivity index (χ0n) is 39.4. The summed E-state index contributed by atoms with van der Waals surface area (Å²) in [5, 5.41) is 19.8. The normalized spacial score (nSPS) is 37.5. The fraction of sp³-hybridized carbons (Fsp3) is 0.667. The topological polar surface area (TPSA) is 245 Å². The van der Waals surface area contributed by atoms with Crippen LogP contribution < -0.4 is 25.6 Å². The molecule has 1 heterocycles. The van der Waals surface area contributed by atoms with E-state index in [1.165, 1.54) is 25.1 Å². The SMILES string of the molecule is CC(C)(C)OC(=O)CC[C@H](NC(=O)CNC(=O)CBr)C(=O)NC1CC2(C1)CC(Oc1ccc([C@@H]3O[C@@H]4C[C@H]5[C@@H]6C[C@H](F)C7=CC(=O)C=C[C@]7(C)[C@@]6(F)[C@@H](O)C[C@]5(C)[C@]4(C(=O)CO[P+](=O)[O-])O3)c(F)c1)C2. The Balaban J connectivity index is 0.901. The maximum absolute atomic E-state index is 17.9. The average molecular weight is 1070 g/mol. The molecule has 382 valence electrons. The molecule has 1 unspecified atom stereocenters. The number of nitrogens with one attached hydrogen (secondary N) is 3. The number of carbonyl (C=O) groups excluding carboxylic acids is 6. The van der Waals surface area contributed by atoms with Crippen molar-refractivity contribution in [1.82, 2.24) is 16.0 Å². The first kappa shape index (κ1) is 52.2. The Hall–Kier alpha value is -4.11. The number of rotatable bonds is 16. The molecule has 6 aliphatic carbocycles. The first-order chi connectivity index (χ1) is 32.8. The lowest BCUT2D eigenvalue weighted by molar-refractivity contribution is -0.235. The van der Waals surface area contributed by atoms with E-state index in [2.05, 4.69) is 31.9 Å². The second kappa shape index (κ2) is 19.1. The molecule has 17 nitrogen and oxygen atoms in total. The van der Waals surface area contributed by atoms with E-state index < -0.39 is 139 Å². The second-order valence-electron chi connectivity index (χ2n) is 21.4. The van der Waals surface area contributed by atoms with Crippen LogP contribution in [-0.2, 0) is 52.1 Å². The Morgan fingerprint density at radius 1 is 1.06 bits per heavy atom. The van der Waals surface area contributed by atoms with Crippen molar-refractivity contribution in [3.8, 4) is 5.75 Å². The molecule has 7 aliphatic rings. The summed E-state index contributed by atoms with van der Waals surface area (Å²) >= 11 is 3.01. The zero-order valence-corrected chi connectivity index (χ0v) is 41.8. The summed E-state index contributed by atoms with van der Waals surface area (Å²) in [4.78, 5) is 88.2. The number of allylic oxidation sites excluding steroid dienone is 4. The maximum Gasteiger partial charge on any atom is 0.488 e. The van der Waals surface area contributed by atoms with Crippen molar-refractivity contribution in [2.24, 2.45) is 28.1 Å². The first-order valence-corrected chi connectivity index (χ1v) is 25.7. The number of hydrogen-bond acceptors (Lipinski definition) is 14. The van der Waals surface area contributed by atoms with Crippen LogP contribution in [0.2, 0.25) is 0 Å². The molecule has 5 saturated carbocycles. The molecule has 8 rings (SSSR count). The van der Waals surface area contributed by atoms with Gasteiger partial charge in [0.25, 0.3) is 0 Å². The van der Waals surface area contributed by atoms with Gasteiger partial charge in [-0.2, -0.15) is 0 Å². The molecule has 0 aromatic heterocycles. The van der Waals surface area contributed by atoms with Gasteiger partial charge in [0.05, 0.1) is 30.2 Å². The molecule has 12 atom stereocenters.